The van der Waals surface area contributed by atoms with Crippen LogP contribution in [0.4, 0.5) is 0 Å². The van der Waals surface area contributed by atoms with Gasteiger partial charge >= 0.3 is 0 Å². The summed E-state index contributed by atoms with van der Waals surface area (Å²) in [7, 11) is 0. The van der Waals surface area contributed by atoms with Crippen LogP contribution in [0, 0.1) is 0 Å². The lowest BCUT2D eigenvalue weighted by molar-refractivity contribution is 0.925. The molecule has 0 bridgehead atoms. The van der Waals surface area contributed by atoms with Gasteiger partial charge < -0.3 is 5.73 Å². The van der Waals surface area contributed by atoms with Crippen molar-refractivity contribution in [2.24, 2.45) is 15.7 Å². The van der Waals surface area contributed by atoms with Crippen molar-refractivity contribution in [2.45, 2.75) is 27.2 Å². The zero-order valence-corrected chi connectivity index (χ0v) is 7.59. The number of aliphatic imine (C=N–C) groups is 2. The van der Waals surface area contributed by atoms with E-state index in [0.29, 0.717) is 6.54 Å². The summed E-state index contributed by atoms with van der Waals surface area (Å²) < 4.78 is 0. The summed E-state index contributed by atoms with van der Waals surface area (Å²) in [4.78, 5) is 8.38. The highest BCUT2D eigenvalue weighted by Crippen LogP contribution is 1.85. The molecule has 0 fully saturated rings. The summed E-state index contributed by atoms with van der Waals surface area (Å²) >= 11 is 0. The molecule has 0 saturated carbocycles. The molecule has 64 valence electrons. The minimum absolute atomic E-state index is 0.436. The van der Waals surface area contributed by atoms with Gasteiger partial charge in [0.05, 0.1) is 6.54 Å². The van der Waals surface area contributed by atoms with Gasteiger partial charge in [0.2, 0.25) is 0 Å². The van der Waals surface area contributed by atoms with E-state index >= 15 is 0 Å². The smallest absolute Gasteiger partial charge is 0.136 e. The molecular weight excluding hydrogens is 138 g/mol. The molecule has 0 amide bonds. The molecule has 0 unspecified atom stereocenters. The molecule has 0 aromatic rings. The minimum Gasteiger partial charge on any atom is -0.324 e. The van der Waals surface area contributed by atoms with Crippen LogP contribution < -0.4 is 5.73 Å². The Bertz CT molecular complexity index is 155. The fraction of sp³-hybridized carbons (Fsp3) is 0.750. The van der Waals surface area contributed by atoms with Gasteiger partial charge in [-0.2, -0.15) is 0 Å². The van der Waals surface area contributed by atoms with E-state index in [0.717, 1.165) is 24.5 Å². The molecule has 0 aliphatic carbocycles. The molecule has 11 heavy (non-hydrogen) atoms. The van der Waals surface area contributed by atoms with Gasteiger partial charge in [-0.15, -0.1) is 0 Å². The van der Waals surface area contributed by atoms with Crippen molar-refractivity contribution in [2.75, 3.05) is 13.1 Å². The Morgan fingerprint density at radius 3 is 2.36 bits per heavy atom. The predicted octanol–water partition coefficient (Wildman–Crippen LogP) is 1.23. The summed E-state index contributed by atoms with van der Waals surface area (Å²) in [6.07, 6.45) is 1.04. The summed E-state index contributed by atoms with van der Waals surface area (Å²) in [5.74, 6) is 0.756. The predicted molar refractivity (Wildman–Crippen MR) is 50.4 cm³/mol. The van der Waals surface area contributed by atoms with Gasteiger partial charge in [0, 0.05) is 12.3 Å². The second kappa shape index (κ2) is 6.04. The fourth-order valence-corrected chi connectivity index (χ4v) is 0.645. The third kappa shape index (κ3) is 5.73. The topological polar surface area (TPSA) is 50.7 Å². The molecule has 0 aliphatic heterocycles. The maximum Gasteiger partial charge on any atom is 0.136 e. The first-order valence-corrected chi connectivity index (χ1v) is 3.96. The largest absolute Gasteiger partial charge is 0.324 e. The van der Waals surface area contributed by atoms with E-state index in [4.69, 9.17) is 5.73 Å². The maximum atomic E-state index is 5.42. The molecule has 0 aromatic heterocycles. The number of hydrogen-bond acceptors (Lipinski definition) is 2. The van der Waals surface area contributed by atoms with Crippen LogP contribution in [0.1, 0.15) is 27.2 Å². The third-order valence-electron chi connectivity index (χ3n) is 1.05. The Labute approximate surface area is 68.4 Å². The highest BCUT2D eigenvalue weighted by atomic mass is 14.9. The molecule has 3 heteroatoms. The lowest BCUT2D eigenvalue weighted by Crippen LogP contribution is -2.13. The summed E-state index contributed by atoms with van der Waals surface area (Å²) in [6.45, 7) is 7.23. The van der Waals surface area contributed by atoms with Crippen LogP contribution in [0.15, 0.2) is 9.98 Å². The Balaban J connectivity index is 4.05. The van der Waals surface area contributed by atoms with Gasteiger partial charge in [-0.3, -0.25) is 4.99 Å². The number of amidine groups is 1. The number of rotatable bonds is 3. The van der Waals surface area contributed by atoms with Crippen molar-refractivity contribution in [3.63, 3.8) is 0 Å². The van der Waals surface area contributed by atoms with Crippen molar-refractivity contribution in [3.05, 3.63) is 0 Å². The van der Waals surface area contributed by atoms with Gasteiger partial charge in [-0.05, 0) is 20.3 Å². The summed E-state index contributed by atoms with van der Waals surface area (Å²) in [5, 5.41) is 0. The number of hydrogen-bond donors (Lipinski definition) is 1. The third-order valence-corrected chi connectivity index (χ3v) is 1.05. The normalized spacial score (nSPS) is 11.5. The zero-order chi connectivity index (χ0) is 8.69. The molecule has 0 rings (SSSR count). The standard InChI is InChI=1S/C8H17N3/c1-4-5-10-8(6-9)11-7(2)3/h4-6,9H2,1-3H3/b10-8-. The zero-order valence-electron chi connectivity index (χ0n) is 7.59. The number of nitrogens with zero attached hydrogens (tertiary/aromatic N) is 2. The first-order valence-electron chi connectivity index (χ1n) is 3.96. The van der Waals surface area contributed by atoms with Crippen molar-refractivity contribution < 1.29 is 0 Å². The van der Waals surface area contributed by atoms with Gasteiger partial charge in [-0.25, -0.2) is 4.99 Å². The van der Waals surface area contributed by atoms with Gasteiger partial charge in [0.25, 0.3) is 0 Å². The lowest BCUT2D eigenvalue weighted by Gasteiger charge is -1.96. The van der Waals surface area contributed by atoms with Crippen LogP contribution in [0.25, 0.3) is 0 Å². The minimum atomic E-state index is 0.436. The van der Waals surface area contributed by atoms with E-state index in [9.17, 15) is 0 Å². The van der Waals surface area contributed by atoms with Crippen molar-refractivity contribution >= 4 is 11.5 Å². The average molecular weight is 155 g/mol. The van der Waals surface area contributed by atoms with Gasteiger partial charge in [0.15, 0.2) is 0 Å². The Hall–Kier alpha value is -0.700. The Kier molecular flexibility index (Phi) is 5.65. The molecule has 0 aromatic carbocycles. The quantitative estimate of drug-likeness (QED) is 0.483. The van der Waals surface area contributed by atoms with Crippen LogP contribution in [-0.4, -0.2) is 24.6 Å². The second-order valence-electron chi connectivity index (χ2n) is 2.56. The second-order valence-corrected chi connectivity index (χ2v) is 2.56. The maximum absolute atomic E-state index is 5.42. The first kappa shape index (κ1) is 10.3. The Morgan fingerprint density at radius 2 is 2.00 bits per heavy atom. The number of nitrogens with two attached hydrogens (primary N) is 1. The highest BCUT2D eigenvalue weighted by Gasteiger charge is 1.90. The SMILES string of the molecule is CCC/N=C(/CN)N=C(C)C. The lowest BCUT2D eigenvalue weighted by atomic mass is 10.4. The van der Waals surface area contributed by atoms with E-state index in [1.54, 1.807) is 0 Å². The van der Waals surface area contributed by atoms with Crippen LogP contribution in [0.5, 0.6) is 0 Å². The van der Waals surface area contributed by atoms with Gasteiger partial charge in [0.1, 0.15) is 5.84 Å². The molecule has 0 spiro atoms. The van der Waals surface area contributed by atoms with E-state index < -0.39 is 0 Å². The van der Waals surface area contributed by atoms with E-state index in [-0.39, 0.29) is 0 Å². The van der Waals surface area contributed by atoms with Crippen molar-refractivity contribution in [3.8, 4) is 0 Å². The summed E-state index contributed by atoms with van der Waals surface area (Å²) in [5.41, 5.74) is 6.43. The average Bonchev–Trinajstić information content (AvgIpc) is 1.97. The van der Waals surface area contributed by atoms with E-state index in [1.807, 2.05) is 13.8 Å². The summed E-state index contributed by atoms with van der Waals surface area (Å²) in [6, 6.07) is 0. The van der Waals surface area contributed by atoms with Crippen LogP contribution in [-0.2, 0) is 0 Å². The van der Waals surface area contributed by atoms with Crippen LogP contribution in [0.3, 0.4) is 0 Å². The molecule has 2 N–H and O–H groups in total. The van der Waals surface area contributed by atoms with E-state index in [2.05, 4.69) is 16.9 Å². The molecule has 0 radical (unpaired) electrons. The molecule has 0 aliphatic rings. The highest BCUT2D eigenvalue weighted by molar-refractivity contribution is 5.96. The monoisotopic (exact) mass is 155 g/mol. The van der Waals surface area contributed by atoms with Crippen molar-refractivity contribution in [1.29, 1.82) is 0 Å². The van der Waals surface area contributed by atoms with Crippen LogP contribution >= 0.6 is 0 Å². The fourth-order valence-electron chi connectivity index (χ4n) is 0.645. The molecule has 3 nitrogen and oxygen atoms in total. The molecular formula is C8H17N3. The van der Waals surface area contributed by atoms with Gasteiger partial charge in [-0.1, -0.05) is 6.92 Å². The van der Waals surface area contributed by atoms with Crippen molar-refractivity contribution in [1.82, 2.24) is 0 Å². The molecule has 0 atom stereocenters. The first-order chi connectivity index (χ1) is 5.20. The van der Waals surface area contributed by atoms with E-state index in [1.165, 1.54) is 0 Å². The van der Waals surface area contributed by atoms with Crippen LogP contribution in [0.2, 0.25) is 0 Å². The molecule has 0 saturated heterocycles. The Morgan fingerprint density at radius 1 is 1.36 bits per heavy atom. The molecule has 0 heterocycles.